The normalized spacial score (nSPS) is 10.6. The number of carbonyl (C=O) groups excluding carboxylic acids is 2. The van der Waals surface area contributed by atoms with Crippen molar-refractivity contribution in [1.82, 2.24) is 14.8 Å². The number of aryl methyl sites for hydroxylation is 2. The van der Waals surface area contributed by atoms with Crippen LogP contribution in [0, 0.1) is 6.92 Å². The molecule has 3 aromatic rings. The van der Waals surface area contributed by atoms with Gasteiger partial charge >= 0.3 is 0 Å². The first-order valence-corrected chi connectivity index (χ1v) is 11.2. The summed E-state index contributed by atoms with van der Waals surface area (Å²) in [6.45, 7) is 4.04. The van der Waals surface area contributed by atoms with Crippen LogP contribution in [-0.4, -0.2) is 39.4 Å². The molecule has 0 saturated carbocycles. The standard InChI is InChI=1S/C23H27N5O3S/c1-5-16-8-6-7-15(2)22(16)25-21(30)14-32-23-27-26-19(28(23)3)13-20(29)24-17-9-11-18(31-4)12-10-17/h6-12H,5,13-14H2,1-4H3,(H,24,29)(H,25,30). The number of benzene rings is 2. The second kappa shape index (κ2) is 10.8. The van der Waals surface area contributed by atoms with Crippen LogP contribution >= 0.6 is 11.8 Å². The molecular weight excluding hydrogens is 426 g/mol. The molecule has 0 spiro atoms. The van der Waals surface area contributed by atoms with Gasteiger partial charge in [-0.15, -0.1) is 10.2 Å². The molecule has 9 heteroatoms. The molecule has 0 radical (unpaired) electrons. The maximum Gasteiger partial charge on any atom is 0.234 e. The van der Waals surface area contributed by atoms with E-state index in [4.69, 9.17) is 4.74 Å². The van der Waals surface area contributed by atoms with E-state index >= 15 is 0 Å². The Kier molecular flexibility index (Phi) is 7.88. The molecule has 0 atom stereocenters. The zero-order valence-electron chi connectivity index (χ0n) is 18.6. The Hall–Kier alpha value is -3.33. The summed E-state index contributed by atoms with van der Waals surface area (Å²) in [7, 11) is 3.37. The predicted octanol–water partition coefficient (Wildman–Crippen LogP) is 3.61. The fourth-order valence-corrected chi connectivity index (χ4v) is 3.89. The van der Waals surface area contributed by atoms with E-state index in [0.29, 0.717) is 16.7 Å². The van der Waals surface area contributed by atoms with E-state index in [-0.39, 0.29) is 24.0 Å². The van der Waals surface area contributed by atoms with Crippen LogP contribution in [-0.2, 0) is 29.5 Å². The van der Waals surface area contributed by atoms with Gasteiger partial charge in [0.05, 0.1) is 19.3 Å². The van der Waals surface area contributed by atoms with Crippen molar-refractivity contribution in [3.05, 3.63) is 59.4 Å². The molecule has 32 heavy (non-hydrogen) atoms. The number of aromatic nitrogens is 3. The van der Waals surface area contributed by atoms with Crippen LogP contribution in [0.15, 0.2) is 47.6 Å². The quantitative estimate of drug-likeness (QED) is 0.481. The van der Waals surface area contributed by atoms with Gasteiger partial charge in [-0.25, -0.2) is 0 Å². The first-order valence-electron chi connectivity index (χ1n) is 10.2. The van der Waals surface area contributed by atoms with Crippen molar-refractivity contribution in [2.24, 2.45) is 7.05 Å². The van der Waals surface area contributed by atoms with Crippen LogP contribution in [0.25, 0.3) is 0 Å². The van der Waals surface area contributed by atoms with E-state index in [2.05, 4.69) is 27.8 Å². The zero-order chi connectivity index (χ0) is 23.1. The van der Waals surface area contributed by atoms with Gasteiger partial charge in [0.2, 0.25) is 11.8 Å². The Bertz CT molecular complexity index is 1100. The van der Waals surface area contributed by atoms with Crippen LogP contribution in [0.5, 0.6) is 5.75 Å². The molecule has 1 aromatic heterocycles. The van der Waals surface area contributed by atoms with E-state index in [1.54, 1.807) is 43.0 Å². The Morgan fingerprint density at radius 3 is 2.50 bits per heavy atom. The SMILES string of the molecule is CCc1cccc(C)c1NC(=O)CSc1nnc(CC(=O)Nc2ccc(OC)cc2)n1C. The van der Waals surface area contributed by atoms with Gasteiger partial charge in [-0.1, -0.05) is 36.9 Å². The summed E-state index contributed by atoms with van der Waals surface area (Å²) in [6.07, 6.45) is 0.918. The maximum absolute atomic E-state index is 12.5. The van der Waals surface area contributed by atoms with Gasteiger partial charge in [0.1, 0.15) is 11.6 Å². The van der Waals surface area contributed by atoms with Crippen LogP contribution in [0.3, 0.4) is 0 Å². The van der Waals surface area contributed by atoms with Crippen LogP contribution in [0.1, 0.15) is 23.9 Å². The van der Waals surface area contributed by atoms with Gasteiger partial charge in [0.15, 0.2) is 5.16 Å². The Morgan fingerprint density at radius 1 is 1.06 bits per heavy atom. The van der Waals surface area contributed by atoms with Gasteiger partial charge in [-0.05, 0) is 48.7 Å². The molecule has 168 valence electrons. The molecule has 0 aliphatic rings. The molecule has 0 unspecified atom stereocenters. The highest BCUT2D eigenvalue weighted by Gasteiger charge is 2.15. The summed E-state index contributed by atoms with van der Waals surface area (Å²) in [6, 6.07) is 13.1. The number of amides is 2. The Balaban J connectivity index is 1.55. The monoisotopic (exact) mass is 453 g/mol. The second-order valence-corrected chi connectivity index (χ2v) is 8.15. The first-order chi connectivity index (χ1) is 15.4. The lowest BCUT2D eigenvalue weighted by Gasteiger charge is -2.12. The highest BCUT2D eigenvalue weighted by molar-refractivity contribution is 7.99. The van der Waals surface area contributed by atoms with Crippen molar-refractivity contribution in [2.75, 3.05) is 23.5 Å². The van der Waals surface area contributed by atoms with Gasteiger partial charge in [0.25, 0.3) is 0 Å². The number of ether oxygens (including phenoxy) is 1. The summed E-state index contributed by atoms with van der Waals surface area (Å²) in [4.78, 5) is 24.9. The molecule has 2 amide bonds. The lowest BCUT2D eigenvalue weighted by molar-refractivity contribution is -0.116. The van der Waals surface area contributed by atoms with E-state index < -0.39 is 0 Å². The third-order valence-corrected chi connectivity index (χ3v) is 5.97. The molecule has 0 bridgehead atoms. The lowest BCUT2D eigenvalue weighted by Crippen LogP contribution is -2.17. The number of nitrogens with zero attached hydrogens (tertiary/aromatic N) is 3. The summed E-state index contributed by atoms with van der Waals surface area (Å²) >= 11 is 1.28. The zero-order valence-corrected chi connectivity index (χ0v) is 19.5. The molecule has 0 saturated heterocycles. The number of anilines is 2. The highest BCUT2D eigenvalue weighted by Crippen LogP contribution is 2.22. The van der Waals surface area contributed by atoms with Crippen LogP contribution in [0.2, 0.25) is 0 Å². The highest BCUT2D eigenvalue weighted by atomic mass is 32.2. The maximum atomic E-state index is 12.5. The molecule has 2 N–H and O–H groups in total. The molecule has 0 fully saturated rings. The number of hydrogen-bond donors (Lipinski definition) is 2. The van der Waals surface area contributed by atoms with Crippen molar-refractivity contribution in [2.45, 2.75) is 31.8 Å². The summed E-state index contributed by atoms with van der Waals surface area (Å²) in [5.74, 6) is 1.12. The Labute approximate surface area is 191 Å². The van der Waals surface area contributed by atoms with Crippen molar-refractivity contribution in [3.63, 3.8) is 0 Å². The molecule has 0 aliphatic carbocycles. The van der Waals surface area contributed by atoms with E-state index in [1.807, 2.05) is 25.1 Å². The topological polar surface area (TPSA) is 98.1 Å². The van der Waals surface area contributed by atoms with E-state index in [9.17, 15) is 9.59 Å². The lowest BCUT2D eigenvalue weighted by atomic mass is 10.1. The number of thioether (sulfide) groups is 1. The smallest absolute Gasteiger partial charge is 0.234 e. The van der Waals surface area contributed by atoms with Crippen molar-refractivity contribution >= 4 is 35.0 Å². The molecule has 1 heterocycles. The number of nitrogens with one attached hydrogen (secondary N) is 2. The van der Waals surface area contributed by atoms with Gasteiger partial charge < -0.3 is 19.9 Å². The minimum absolute atomic E-state index is 0.0748. The number of para-hydroxylation sites is 1. The average molecular weight is 454 g/mol. The van der Waals surface area contributed by atoms with Gasteiger partial charge in [-0.2, -0.15) is 0 Å². The number of methoxy groups -OCH3 is 1. The summed E-state index contributed by atoms with van der Waals surface area (Å²) in [5.41, 5.74) is 3.68. The minimum Gasteiger partial charge on any atom is -0.497 e. The molecular formula is C23H27N5O3S. The Morgan fingerprint density at radius 2 is 1.81 bits per heavy atom. The summed E-state index contributed by atoms with van der Waals surface area (Å²) in [5, 5.41) is 14.6. The first kappa shape index (κ1) is 23.3. The third kappa shape index (κ3) is 5.88. The van der Waals surface area contributed by atoms with Crippen LogP contribution in [0.4, 0.5) is 11.4 Å². The number of hydrogen-bond acceptors (Lipinski definition) is 6. The van der Waals surface area contributed by atoms with Crippen molar-refractivity contribution in [3.8, 4) is 5.75 Å². The predicted molar refractivity (Wildman–Crippen MR) is 126 cm³/mol. The van der Waals surface area contributed by atoms with Gasteiger partial charge in [-0.3, -0.25) is 9.59 Å². The van der Waals surface area contributed by atoms with Crippen molar-refractivity contribution < 1.29 is 14.3 Å². The molecule has 8 nitrogen and oxygen atoms in total. The summed E-state index contributed by atoms with van der Waals surface area (Å²) < 4.78 is 6.85. The fraction of sp³-hybridized carbons (Fsp3) is 0.304. The number of carbonyl (C=O) groups is 2. The molecule has 0 aliphatic heterocycles. The average Bonchev–Trinajstić information content (AvgIpc) is 3.13. The van der Waals surface area contributed by atoms with Crippen LogP contribution < -0.4 is 15.4 Å². The third-order valence-electron chi connectivity index (χ3n) is 4.95. The number of rotatable bonds is 9. The minimum atomic E-state index is -0.202. The van der Waals surface area contributed by atoms with Gasteiger partial charge in [0, 0.05) is 18.4 Å². The van der Waals surface area contributed by atoms with E-state index in [0.717, 1.165) is 29.0 Å². The fourth-order valence-electron chi connectivity index (χ4n) is 3.16. The van der Waals surface area contributed by atoms with E-state index in [1.165, 1.54) is 11.8 Å². The van der Waals surface area contributed by atoms with Crippen molar-refractivity contribution in [1.29, 1.82) is 0 Å². The second-order valence-electron chi connectivity index (χ2n) is 7.21. The largest absolute Gasteiger partial charge is 0.497 e. The molecule has 2 aromatic carbocycles. The molecule has 3 rings (SSSR count).